The predicted molar refractivity (Wildman–Crippen MR) is 107 cm³/mol. The summed E-state index contributed by atoms with van der Waals surface area (Å²) in [6.07, 6.45) is 0. The molecule has 0 aliphatic heterocycles. The van der Waals surface area contributed by atoms with Crippen LogP contribution in [0.2, 0.25) is 5.02 Å². The van der Waals surface area contributed by atoms with Crippen LogP contribution in [0.15, 0.2) is 60.7 Å². The topological polar surface area (TPSA) is 62.2 Å². The van der Waals surface area contributed by atoms with Crippen LogP contribution in [0.1, 0.15) is 10.4 Å². The summed E-state index contributed by atoms with van der Waals surface area (Å²) < 4.78 is 14.1. The molecule has 0 saturated heterocycles. The number of halogens is 2. The second-order valence-electron chi connectivity index (χ2n) is 5.83. The molecule has 3 aromatic carbocycles. The standard InChI is InChI=1S/C20H12ClFN2O2S/c21-16-9-12(3-7-15(16)19(25)26)11-1-5-14(6-2-11)23-20-24-17-8-4-13(22)10-18(17)27-20/h1-10H,(H,23,24)(H,25,26). The second-order valence-corrected chi connectivity index (χ2v) is 7.27. The lowest BCUT2D eigenvalue weighted by molar-refractivity contribution is 0.0697. The number of fused-ring (bicyclic) bond motifs is 1. The van der Waals surface area contributed by atoms with Gasteiger partial charge in [-0.3, -0.25) is 0 Å². The number of aromatic carboxylic acids is 1. The Bertz CT molecular complexity index is 1160. The van der Waals surface area contributed by atoms with Gasteiger partial charge in [-0.05, 0) is 53.6 Å². The predicted octanol–water partition coefficient (Wildman–Crippen LogP) is 6.20. The maximum atomic E-state index is 13.3. The van der Waals surface area contributed by atoms with Crippen molar-refractivity contribution in [1.29, 1.82) is 0 Å². The van der Waals surface area contributed by atoms with Crippen LogP contribution in [0.4, 0.5) is 15.2 Å². The van der Waals surface area contributed by atoms with Crippen molar-refractivity contribution in [2.24, 2.45) is 0 Å². The molecule has 27 heavy (non-hydrogen) atoms. The highest BCUT2D eigenvalue weighted by atomic mass is 35.5. The lowest BCUT2D eigenvalue weighted by Gasteiger charge is -2.07. The van der Waals surface area contributed by atoms with Crippen molar-refractivity contribution in [2.45, 2.75) is 0 Å². The molecule has 4 nitrogen and oxygen atoms in total. The van der Waals surface area contributed by atoms with Gasteiger partial charge < -0.3 is 10.4 Å². The van der Waals surface area contributed by atoms with E-state index in [1.807, 2.05) is 24.3 Å². The number of rotatable bonds is 4. The molecule has 0 atom stereocenters. The minimum absolute atomic E-state index is 0.0750. The van der Waals surface area contributed by atoms with E-state index in [4.69, 9.17) is 16.7 Å². The SMILES string of the molecule is O=C(O)c1ccc(-c2ccc(Nc3nc4ccc(F)cc4s3)cc2)cc1Cl. The van der Waals surface area contributed by atoms with Crippen LogP contribution in [-0.4, -0.2) is 16.1 Å². The Morgan fingerprint density at radius 1 is 1.04 bits per heavy atom. The van der Waals surface area contributed by atoms with Gasteiger partial charge in [-0.2, -0.15) is 0 Å². The Morgan fingerprint density at radius 2 is 1.78 bits per heavy atom. The van der Waals surface area contributed by atoms with E-state index in [1.165, 1.54) is 29.5 Å². The van der Waals surface area contributed by atoms with Crippen LogP contribution in [0.25, 0.3) is 21.3 Å². The van der Waals surface area contributed by atoms with Crippen LogP contribution >= 0.6 is 22.9 Å². The number of hydrogen-bond acceptors (Lipinski definition) is 4. The van der Waals surface area contributed by atoms with Gasteiger partial charge in [-0.1, -0.05) is 41.1 Å². The quantitative estimate of drug-likeness (QED) is 0.429. The van der Waals surface area contributed by atoms with Gasteiger partial charge in [0.15, 0.2) is 5.13 Å². The van der Waals surface area contributed by atoms with Gasteiger partial charge in [-0.25, -0.2) is 14.2 Å². The highest BCUT2D eigenvalue weighted by Gasteiger charge is 2.10. The van der Waals surface area contributed by atoms with E-state index < -0.39 is 5.97 Å². The largest absolute Gasteiger partial charge is 0.478 e. The van der Waals surface area contributed by atoms with Crippen molar-refractivity contribution in [3.05, 3.63) is 77.1 Å². The molecule has 0 radical (unpaired) electrons. The van der Waals surface area contributed by atoms with Crippen molar-refractivity contribution in [1.82, 2.24) is 4.98 Å². The van der Waals surface area contributed by atoms with Crippen molar-refractivity contribution >= 4 is 49.9 Å². The average molecular weight is 399 g/mol. The number of benzene rings is 3. The molecule has 0 bridgehead atoms. The smallest absolute Gasteiger partial charge is 0.337 e. The summed E-state index contributed by atoms with van der Waals surface area (Å²) >= 11 is 7.41. The van der Waals surface area contributed by atoms with Gasteiger partial charge in [0.1, 0.15) is 5.82 Å². The molecule has 2 N–H and O–H groups in total. The van der Waals surface area contributed by atoms with E-state index in [0.29, 0.717) is 5.13 Å². The van der Waals surface area contributed by atoms with Crippen molar-refractivity contribution in [3.8, 4) is 11.1 Å². The fraction of sp³-hybridized carbons (Fsp3) is 0. The molecule has 134 valence electrons. The minimum Gasteiger partial charge on any atom is -0.478 e. The normalized spacial score (nSPS) is 10.9. The fourth-order valence-electron chi connectivity index (χ4n) is 2.69. The van der Waals surface area contributed by atoms with Gasteiger partial charge in [0.05, 0.1) is 20.8 Å². The molecule has 0 amide bonds. The zero-order valence-electron chi connectivity index (χ0n) is 13.7. The number of anilines is 2. The van der Waals surface area contributed by atoms with E-state index in [9.17, 15) is 9.18 Å². The van der Waals surface area contributed by atoms with E-state index in [2.05, 4.69) is 10.3 Å². The van der Waals surface area contributed by atoms with Crippen LogP contribution < -0.4 is 5.32 Å². The molecule has 4 rings (SSSR count). The lowest BCUT2D eigenvalue weighted by atomic mass is 10.0. The molecule has 0 unspecified atom stereocenters. The third-order valence-corrected chi connectivity index (χ3v) is 5.27. The summed E-state index contributed by atoms with van der Waals surface area (Å²) in [5, 5.41) is 13.1. The van der Waals surface area contributed by atoms with Crippen LogP contribution in [0.3, 0.4) is 0 Å². The van der Waals surface area contributed by atoms with E-state index >= 15 is 0 Å². The molecule has 4 aromatic rings. The van der Waals surface area contributed by atoms with Gasteiger partial charge in [-0.15, -0.1) is 0 Å². The summed E-state index contributed by atoms with van der Waals surface area (Å²) in [6, 6.07) is 16.9. The third-order valence-electron chi connectivity index (χ3n) is 4.02. The molecule has 0 fully saturated rings. The molecule has 1 aromatic heterocycles. The Labute approximate surface area is 162 Å². The molecular weight excluding hydrogens is 387 g/mol. The zero-order valence-corrected chi connectivity index (χ0v) is 15.3. The fourth-order valence-corrected chi connectivity index (χ4v) is 3.86. The molecule has 0 spiro atoms. The molecule has 0 aliphatic carbocycles. The summed E-state index contributed by atoms with van der Waals surface area (Å²) in [5.41, 5.74) is 3.39. The first kappa shape index (κ1) is 17.5. The Hall–Kier alpha value is -2.96. The summed E-state index contributed by atoms with van der Waals surface area (Å²) in [4.78, 5) is 15.5. The number of nitrogens with one attached hydrogen (secondary N) is 1. The number of carbonyl (C=O) groups is 1. The van der Waals surface area contributed by atoms with E-state index in [0.717, 1.165) is 27.0 Å². The van der Waals surface area contributed by atoms with Gasteiger partial charge in [0, 0.05) is 5.69 Å². The first-order chi connectivity index (χ1) is 13.0. The first-order valence-electron chi connectivity index (χ1n) is 7.96. The maximum absolute atomic E-state index is 13.3. The Kier molecular flexibility index (Phi) is 4.51. The lowest BCUT2D eigenvalue weighted by Crippen LogP contribution is -1.97. The van der Waals surface area contributed by atoms with Crippen molar-refractivity contribution < 1.29 is 14.3 Å². The number of hydrogen-bond donors (Lipinski definition) is 2. The Balaban J connectivity index is 1.56. The number of aromatic nitrogens is 1. The number of nitrogens with zero attached hydrogens (tertiary/aromatic N) is 1. The number of carboxylic acid groups (broad SMARTS) is 1. The molecule has 0 saturated carbocycles. The van der Waals surface area contributed by atoms with Crippen LogP contribution in [-0.2, 0) is 0 Å². The maximum Gasteiger partial charge on any atom is 0.337 e. The average Bonchev–Trinajstić information content (AvgIpc) is 3.03. The van der Waals surface area contributed by atoms with Gasteiger partial charge >= 0.3 is 5.97 Å². The van der Waals surface area contributed by atoms with E-state index in [1.54, 1.807) is 18.2 Å². The van der Waals surface area contributed by atoms with Crippen LogP contribution in [0, 0.1) is 5.82 Å². The molecule has 0 aliphatic rings. The van der Waals surface area contributed by atoms with Crippen molar-refractivity contribution in [3.63, 3.8) is 0 Å². The van der Waals surface area contributed by atoms with Crippen molar-refractivity contribution in [2.75, 3.05) is 5.32 Å². The van der Waals surface area contributed by atoms with Gasteiger partial charge in [0.2, 0.25) is 0 Å². The summed E-state index contributed by atoms with van der Waals surface area (Å²) in [5.74, 6) is -1.34. The highest BCUT2D eigenvalue weighted by molar-refractivity contribution is 7.22. The second kappa shape index (κ2) is 6.98. The number of carboxylic acids is 1. The number of thiazole rings is 1. The van der Waals surface area contributed by atoms with Crippen LogP contribution in [0.5, 0.6) is 0 Å². The molecular formula is C20H12ClFN2O2S. The van der Waals surface area contributed by atoms with E-state index in [-0.39, 0.29) is 16.4 Å². The zero-order chi connectivity index (χ0) is 19.0. The highest BCUT2D eigenvalue weighted by Crippen LogP contribution is 2.30. The molecule has 1 heterocycles. The Morgan fingerprint density at radius 3 is 2.48 bits per heavy atom. The summed E-state index contributed by atoms with van der Waals surface area (Å²) in [6.45, 7) is 0. The molecule has 7 heteroatoms. The monoisotopic (exact) mass is 398 g/mol. The van der Waals surface area contributed by atoms with Gasteiger partial charge in [0.25, 0.3) is 0 Å². The third kappa shape index (κ3) is 3.63. The first-order valence-corrected chi connectivity index (χ1v) is 9.15. The summed E-state index contributed by atoms with van der Waals surface area (Å²) in [7, 11) is 0. The minimum atomic E-state index is -1.05.